The summed E-state index contributed by atoms with van der Waals surface area (Å²) >= 11 is 5.87. The fourth-order valence-electron chi connectivity index (χ4n) is 1.69. The Morgan fingerprint density at radius 1 is 1.38 bits per heavy atom. The molecule has 0 bridgehead atoms. The molecule has 0 radical (unpaired) electrons. The smallest absolute Gasteiger partial charge is 0.0677 e. The van der Waals surface area contributed by atoms with Gasteiger partial charge in [-0.25, -0.2) is 0 Å². The van der Waals surface area contributed by atoms with Gasteiger partial charge >= 0.3 is 0 Å². The molecule has 1 aromatic carbocycles. The third-order valence-corrected chi connectivity index (χ3v) is 2.60. The number of aliphatic hydroxyl groups excluding tert-OH is 1. The van der Waals surface area contributed by atoms with Crippen molar-refractivity contribution in [3.05, 3.63) is 47.0 Å². The first-order valence-corrected chi connectivity index (χ1v) is 4.75. The van der Waals surface area contributed by atoms with E-state index in [1.165, 1.54) is 0 Å². The van der Waals surface area contributed by atoms with Crippen molar-refractivity contribution in [1.82, 2.24) is 0 Å². The number of benzene rings is 1. The molecule has 0 saturated heterocycles. The summed E-state index contributed by atoms with van der Waals surface area (Å²) in [5.41, 5.74) is 1.09. The number of rotatable bonds is 1. The monoisotopic (exact) mass is 194 g/mol. The van der Waals surface area contributed by atoms with Crippen LogP contribution in [0.2, 0.25) is 5.02 Å². The first kappa shape index (κ1) is 8.79. The van der Waals surface area contributed by atoms with Crippen molar-refractivity contribution in [1.29, 1.82) is 0 Å². The predicted molar refractivity (Wildman–Crippen MR) is 54.0 cm³/mol. The number of hydrogen-bond donors (Lipinski definition) is 1. The van der Waals surface area contributed by atoms with Crippen LogP contribution in [0.15, 0.2) is 36.4 Å². The van der Waals surface area contributed by atoms with Gasteiger partial charge in [0.05, 0.1) is 6.10 Å². The van der Waals surface area contributed by atoms with Crippen LogP contribution < -0.4 is 0 Å². The van der Waals surface area contributed by atoms with Gasteiger partial charge in [-0.05, 0) is 24.1 Å². The summed E-state index contributed by atoms with van der Waals surface area (Å²) in [7, 11) is 0. The minimum atomic E-state index is -0.279. The van der Waals surface area contributed by atoms with Crippen molar-refractivity contribution in [3.63, 3.8) is 0 Å². The fraction of sp³-hybridized carbons (Fsp3) is 0.273. The summed E-state index contributed by atoms with van der Waals surface area (Å²) in [5, 5.41) is 10.4. The number of halogens is 1. The zero-order valence-electron chi connectivity index (χ0n) is 7.15. The Labute approximate surface area is 82.7 Å². The highest BCUT2D eigenvalue weighted by Crippen LogP contribution is 2.29. The summed E-state index contributed by atoms with van der Waals surface area (Å²) in [6.07, 6.45) is 4.52. The standard InChI is InChI=1S/C11H11ClO/c12-9-4-1-3-8(7-9)10-5-2-6-11(10)13/h1-5,7,10-11,13H,6H2/t10-,11+/m1/s1. The van der Waals surface area contributed by atoms with Gasteiger partial charge < -0.3 is 5.11 Å². The molecule has 1 aliphatic carbocycles. The molecule has 0 unspecified atom stereocenters. The molecule has 13 heavy (non-hydrogen) atoms. The molecular formula is C11H11ClO. The Kier molecular flexibility index (Phi) is 2.38. The quantitative estimate of drug-likeness (QED) is 0.682. The number of hydrogen-bond acceptors (Lipinski definition) is 1. The molecule has 0 fully saturated rings. The zero-order valence-corrected chi connectivity index (χ0v) is 7.91. The maximum atomic E-state index is 9.63. The van der Waals surface area contributed by atoms with Crippen LogP contribution in [0.3, 0.4) is 0 Å². The molecule has 1 N–H and O–H groups in total. The Morgan fingerprint density at radius 3 is 2.85 bits per heavy atom. The van der Waals surface area contributed by atoms with E-state index in [0.717, 1.165) is 17.0 Å². The summed E-state index contributed by atoms with van der Waals surface area (Å²) in [6.45, 7) is 0. The van der Waals surface area contributed by atoms with E-state index < -0.39 is 0 Å². The molecule has 1 aromatic rings. The highest BCUT2D eigenvalue weighted by molar-refractivity contribution is 6.30. The van der Waals surface area contributed by atoms with E-state index in [2.05, 4.69) is 0 Å². The maximum Gasteiger partial charge on any atom is 0.0677 e. The third-order valence-electron chi connectivity index (χ3n) is 2.37. The van der Waals surface area contributed by atoms with Gasteiger partial charge in [-0.1, -0.05) is 35.9 Å². The number of aliphatic hydroxyl groups is 1. The van der Waals surface area contributed by atoms with E-state index in [1.807, 2.05) is 36.4 Å². The first-order valence-electron chi connectivity index (χ1n) is 4.37. The van der Waals surface area contributed by atoms with Gasteiger partial charge in [0.15, 0.2) is 0 Å². The maximum absolute atomic E-state index is 9.63. The zero-order chi connectivity index (χ0) is 9.26. The van der Waals surface area contributed by atoms with Crippen LogP contribution in [-0.4, -0.2) is 11.2 Å². The van der Waals surface area contributed by atoms with Crippen LogP contribution in [0, 0.1) is 0 Å². The Bertz CT molecular complexity index is 333. The average Bonchev–Trinajstić information content (AvgIpc) is 2.51. The molecule has 0 saturated carbocycles. The topological polar surface area (TPSA) is 20.2 Å². The van der Waals surface area contributed by atoms with E-state index in [1.54, 1.807) is 0 Å². The second kappa shape index (κ2) is 3.52. The van der Waals surface area contributed by atoms with E-state index >= 15 is 0 Å². The van der Waals surface area contributed by atoms with E-state index in [4.69, 9.17) is 11.6 Å². The van der Waals surface area contributed by atoms with Crippen molar-refractivity contribution in [2.45, 2.75) is 18.4 Å². The third kappa shape index (κ3) is 1.77. The van der Waals surface area contributed by atoms with Crippen molar-refractivity contribution >= 4 is 11.6 Å². The summed E-state index contributed by atoms with van der Waals surface area (Å²) in [6, 6.07) is 7.66. The molecule has 2 atom stereocenters. The molecule has 2 rings (SSSR count). The minimum Gasteiger partial charge on any atom is -0.392 e. The van der Waals surface area contributed by atoms with Crippen LogP contribution in [0.25, 0.3) is 0 Å². The second-order valence-electron chi connectivity index (χ2n) is 3.31. The Balaban J connectivity index is 2.29. The first-order chi connectivity index (χ1) is 6.27. The molecule has 0 aliphatic heterocycles. The van der Waals surface area contributed by atoms with Gasteiger partial charge in [-0.2, -0.15) is 0 Å². The molecular weight excluding hydrogens is 184 g/mol. The molecule has 0 spiro atoms. The molecule has 68 valence electrons. The Morgan fingerprint density at radius 2 is 2.23 bits per heavy atom. The van der Waals surface area contributed by atoms with Crippen LogP contribution in [0.4, 0.5) is 0 Å². The highest BCUT2D eigenvalue weighted by Gasteiger charge is 2.21. The lowest BCUT2D eigenvalue weighted by molar-refractivity contribution is 0.171. The lowest BCUT2D eigenvalue weighted by Gasteiger charge is -2.13. The highest BCUT2D eigenvalue weighted by atomic mass is 35.5. The molecule has 2 heteroatoms. The Hall–Kier alpha value is -0.790. The predicted octanol–water partition coefficient (Wildman–Crippen LogP) is 2.74. The van der Waals surface area contributed by atoms with Gasteiger partial charge in [-0.3, -0.25) is 0 Å². The van der Waals surface area contributed by atoms with E-state index in [9.17, 15) is 5.11 Å². The average molecular weight is 195 g/mol. The second-order valence-corrected chi connectivity index (χ2v) is 3.75. The fourth-order valence-corrected chi connectivity index (χ4v) is 1.89. The largest absolute Gasteiger partial charge is 0.392 e. The summed E-state index contributed by atoms with van der Waals surface area (Å²) in [4.78, 5) is 0. The van der Waals surface area contributed by atoms with Gasteiger partial charge in [0.25, 0.3) is 0 Å². The van der Waals surface area contributed by atoms with Crippen LogP contribution in [-0.2, 0) is 0 Å². The van der Waals surface area contributed by atoms with Gasteiger partial charge in [0.1, 0.15) is 0 Å². The van der Waals surface area contributed by atoms with E-state index in [-0.39, 0.29) is 12.0 Å². The molecule has 1 nitrogen and oxygen atoms in total. The SMILES string of the molecule is O[C@H]1CC=C[C@@H]1c1cccc(Cl)c1. The lowest BCUT2D eigenvalue weighted by atomic mass is 9.97. The minimum absolute atomic E-state index is 0.124. The summed E-state index contributed by atoms with van der Waals surface area (Å²) < 4.78 is 0. The van der Waals surface area contributed by atoms with Crippen LogP contribution in [0.1, 0.15) is 17.9 Å². The van der Waals surface area contributed by atoms with Crippen molar-refractivity contribution in [3.8, 4) is 0 Å². The molecule has 0 amide bonds. The van der Waals surface area contributed by atoms with Crippen LogP contribution in [0.5, 0.6) is 0 Å². The molecule has 0 heterocycles. The van der Waals surface area contributed by atoms with Crippen molar-refractivity contribution in [2.75, 3.05) is 0 Å². The van der Waals surface area contributed by atoms with Gasteiger partial charge in [-0.15, -0.1) is 0 Å². The normalized spacial score (nSPS) is 26.6. The van der Waals surface area contributed by atoms with Gasteiger partial charge in [0, 0.05) is 10.9 Å². The van der Waals surface area contributed by atoms with Gasteiger partial charge in [0.2, 0.25) is 0 Å². The molecule has 1 aliphatic rings. The van der Waals surface area contributed by atoms with Crippen molar-refractivity contribution in [2.24, 2.45) is 0 Å². The summed E-state index contributed by atoms with van der Waals surface area (Å²) in [5.74, 6) is 0.124. The lowest BCUT2D eigenvalue weighted by Crippen LogP contribution is -2.11. The van der Waals surface area contributed by atoms with E-state index in [0.29, 0.717) is 0 Å². The van der Waals surface area contributed by atoms with Crippen LogP contribution >= 0.6 is 11.6 Å². The molecule has 0 aromatic heterocycles. The van der Waals surface area contributed by atoms with Crippen molar-refractivity contribution < 1.29 is 5.11 Å².